The largest absolute Gasteiger partial charge is 0.497 e. The van der Waals surface area contributed by atoms with Crippen LogP contribution >= 0.6 is 11.6 Å². The van der Waals surface area contributed by atoms with E-state index in [0.29, 0.717) is 22.2 Å². The van der Waals surface area contributed by atoms with E-state index in [0.717, 1.165) is 27.9 Å². The number of aromatic nitrogens is 1. The molecule has 0 saturated heterocycles. The molecule has 0 fully saturated rings. The van der Waals surface area contributed by atoms with E-state index in [9.17, 15) is 8.42 Å². The first-order valence-corrected chi connectivity index (χ1v) is 15.5. The summed E-state index contributed by atoms with van der Waals surface area (Å²) < 4.78 is 44.4. The van der Waals surface area contributed by atoms with Gasteiger partial charge in [0, 0.05) is 16.8 Å². The Kier molecular flexibility index (Phi) is 10.3. The lowest BCUT2D eigenvalue weighted by Crippen LogP contribution is -2.30. The fraction of sp³-hybridized carbons (Fsp3) is 0.182. The first kappa shape index (κ1) is 31.5. The van der Waals surface area contributed by atoms with Crippen molar-refractivity contribution >= 4 is 38.8 Å². The lowest BCUT2D eigenvalue weighted by atomic mass is 10.0. The van der Waals surface area contributed by atoms with E-state index in [4.69, 9.17) is 25.6 Å². The number of aryl methyl sites for hydroxylation is 1. The van der Waals surface area contributed by atoms with Crippen molar-refractivity contribution in [3.05, 3.63) is 113 Å². The number of hydrogen-bond donors (Lipinski definition) is 1. The van der Waals surface area contributed by atoms with Gasteiger partial charge in [0.1, 0.15) is 17.8 Å². The standard InChI is InChI=1S/C31H28ClN3O5S.C2H6/c1-21-18-23(6-14-28(21)32)24-7-15-29(30(19-24)39-3)33-25-8-12-27(13-9-25)41(36,37)35(31-16-17-40-34-31)20-22-4-10-26(38-2)11-5-22;1-2/h4-19,33H,20H2,1-3H3;1-2H3. The molecule has 5 rings (SSSR count). The van der Waals surface area contributed by atoms with Crippen LogP contribution in [0.4, 0.5) is 17.2 Å². The monoisotopic (exact) mass is 619 g/mol. The van der Waals surface area contributed by atoms with Gasteiger partial charge in [0.25, 0.3) is 10.0 Å². The molecular weight excluding hydrogens is 586 g/mol. The zero-order valence-electron chi connectivity index (χ0n) is 24.7. The minimum atomic E-state index is -3.97. The maximum atomic E-state index is 13.7. The topological polar surface area (TPSA) is 93.9 Å². The second-order valence-electron chi connectivity index (χ2n) is 9.25. The molecule has 0 aliphatic carbocycles. The zero-order chi connectivity index (χ0) is 31.0. The Morgan fingerprint density at radius 1 is 0.860 bits per heavy atom. The second kappa shape index (κ2) is 14.1. The van der Waals surface area contributed by atoms with Gasteiger partial charge in [-0.1, -0.05) is 54.9 Å². The Morgan fingerprint density at radius 3 is 2.14 bits per heavy atom. The molecule has 0 spiro atoms. The molecule has 8 nitrogen and oxygen atoms in total. The van der Waals surface area contributed by atoms with Crippen molar-refractivity contribution in [2.24, 2.45) is 0 Å². The summed E-state index contributed by atoms with van der Waals surface area (Å²) >= 11 is 6.18. The third-order valence-electron chi connectivity index (χ3n) is 6.58. The third kappa shape index (κ3) is 7.31. The molecule has 1 N–H and O–H groups in total. The highest BCUT2D eigenvalue weighted by Crippen LogP contribution is 2.34. The van der Waals surface area contributed by atoms with Crippen LogP contribution in [0.1, 0.15) is 25.0 Å². The molecule has 0 atom stereocenters. The molecule has 5 aromatic rings. The predicted molar refractivity (Wildman–Crippen MR) is 172 cm³/mol. The Hall–Kier alpha value is -4.47. The average molecular weight is 620 g/mol. The Morgan fingerprint density at radius 2 is 1.53 bits per heavy atom. The molecule has 0 amide bonds. The van der Waals surface area contributed by atoms with E-state index in [1.165, 1.54) is 16.6 Å². The number of sulfonamides is 1. The highest BCUT2D eigenvalue weighted by atomic mass is 35.5. The van der Waals surface area contributed by atoms with Crippen LogP contribution in [0, 0.1) is 6.92 Å². The van der Waals surface area contributed by atoms with Crippen LogP contribution in [0.3, 0.4) is 0 Å². The Balaban J connectivity index is 0.00000207. The molecule has 0 unspecified atom stereocenters. The number of anilines is 3. The van der Waals surface area contributed by atoms with Crippen LogP contribution in [0.25, 0.3) is 11.1 Å². The SMILES string of the molecule is CC.COc1ccc(CN(c2ccon2)S(=O)(=O)c2ccc(Nc3ccc(-c4ccc(Cl)c(C)c4)cc3OC)cc2)cc1. The van der Waals surface area contributed by atoms with Gasteiger partial charge in [0.05, 0.1) is 31.3 Å². The van der Waals surface area contributed by atoms with Crippen molar-refractivity contribution in [1.82, 2.24) is 5.16 Å². The fourth-order valence-electron chi connectivity index (χ4n) is 4.31. The molecule has 43 heavy (non-hydrogen) atoms. The number of ether oxygens (including phenoxy) is 2. The van der Waals surface area contributed by atoms with Crippen LogP contribution in [-0.4, -0.2) is 27.8 Å². The van der Waals surface area contributed by atoms with Crippen LogP contribution < -0.4 is 19.1 Å². The molecule has 0 radical (unpaired) electrons. The summed E-state index contributed by atoms with van der Waals surface area (Å²) in [5.41, 5.74) is 5.20. The number of halogens is 1. The van der Waals surface area contributed by atoms with Gasteiger partial charge >= 0.3 is 0 Å². The number of rotatable bonds is 10. The summed E-state index contributed by atoms with van der Waals surface area (Å²) in [7, 11) is -0.784. The zero-order valence-corrected chi connectivity index (χ0v) is 26.2. The van der Waals surface area contributed by atoms with Crippen molar-refractivity contribution < 1.29 is 22.4 Å². The number of nitrogens with one attached hydrogen (secondary N) is 1. The van der Waals surface area contributed by atoms with Crippen LogP contribution in [-0.2, 0) is 16.6 Å². The van der Waals surface area contributed by atoms with Gasteiger partial charge < -0.3 is 19.3 Å². The summed E-state index contributed by atoms with van der Waals surface area (Å²) in [6.45, 7) is 6.03. The van der Waals surface area contributed by atoms with Gasteiger partial charge in [0.15, 0.2) is 5.82 Å². The van der Waals surface area contributed by atoms with Crippen molar-refractivity contribution in [2.75, 3.05) is 23.8 Å². The van der Waals surface area contributed by atoms with E-state index in [1.54, 1.807) is 62.8 Å². The highest BCUT2D eigenvalue weighted by Gasteiger charge is 2.27. The molecule has 1 aromatic heterocycles. The fourth-order valence-corrected chi connectivity index (χ4v) is 5.82. The molecule has 1 heterocycles. The molecule has 0 aliphatic heterocycles. The second-order valence-corrected chi connectivity index (χ2v) is 11.5. The summed E-state index contributed by atoms with van der Waals surface area (Å²) in [4.78, 5) is 0.111. The van der Waals surface area contributed by atoms with Crippen molar-refractivity contribution in [1.29, 1.82) is 0 Å². The van der Waals surface area contributed by atoms with Gasteiger partial charge in [-0.05, 0) is 89.8 Å². The molecular formula is C33H34ClN3O5S. The maximum absolute atomic E-state index is 13.7. The van der Waals surface area contributed by atoms with Gasteiger partial charge in [-0.2, -0.15) is 0 Å². The Labute approximate surface area is 257 Å². The van der Waals surface area contributed by atoms with Gasteiger partial charge in [-0.15, -0.1) is 0 Å². The lowest BCUT2D eigenvalue weighted by molar-refractivity contribution is 0.414. The molecule has 4 aromatic carbocycles. The minimum absolute atomic E-state index is 0.0650. The highest BCUT2D eigenvalue weighted by molar-refractivity contribution is 7.92. The molecule has 10 heteroatoms. The number of benzene rings is 4. The number of nitrogens with zero attached hydrogens (tertiary/aromatic N) is 2. The lowest BCUT2D eigenvalue weighted by Gasteiger charge is -2.22. The van der Waals surface area contributed by atoms with E-state index >= 15 is 0 Å². The maximum Gasteiger partial charge on any atom is 0.265 e. The van der Waals surface area contributed by atoms with E-state index < -0.39 is 10.0 Å². The first-order valence-electron chi connectivity index (χ1n) is 13.7. The van der Waals surface area contributed by atoms with Crippen molar-refractivity contribution in [3.8, 4) is 22.6 Å². The van der Waals surface area contributed by atoms with Crippen LogP contribution in [0.5, 0.6) is 11.5 Å². The summed E-state index contributed by atoms with van der Waals surface area (Å²) in [6.07, 6.45) is 1.34. The van der Waals surface area contributed by atoms with E-state index in [1.807, 2.05) is 57.2 Å². The smallest absolute Gasteiger partial charge is 0.265 e. The van der Waals surface area contributed by atoms with Gasteiger partial charge in [-0.25, -0.2) is 12.7 Å². The normalized spacial score (nSPS) is 10.8. The number of methoxy groups -OCH3 is 2. The van der Waals surface area contributed by atoms with Gasteiger partial charge in [0.2, 0.25) is 0 Å². The first-order chi connectivity index (χ1) is 20.8. The van der Waals surface area contributed by atoms with Crippen molar-refractivity contribution in [2.45, 2.75) is 32.2 Å². The molecule has 0 aliphatic rings. The Bertz CT molecular complexity index is 1740. The summed E-state index contributed by atoms with van der Waals surface area (Å²) in [5.74, 6) is 1.51. The van der Waals surface area contributed by atoms with Crippen LogP contribution in [0.15, 0.2) is 107 Å². The van der Waals surface area contributed by atoms with E-state index in [2.05, 4.69) is 10.5 Å². The predicted octanol–water partition coefficient (Wildman–Crippen LogP) is 8.49. The van der Waals surface area contributed by atoms with Crippen LogP contribution in [0.2, 0.25) is 5.02 Å². The van der Waals surface area contributed by atoms with E-state index in [-0.39, 0.29) is 17.3 Å². The average Bonchev–Trinajstić information content (AvgIpc) is 3.57. The third-order valence-corrected chi connectivity index (χ3v) is 8.77. The van der Waals surface area contributed by atoms with Gasteiger partial charge in [-0.3, -0.25) is 0 Å². The minimum Gasteiger partial charge on any atom is -0.497 e. The quantitative estimate of drug-likeness (QED) is 0.167. The molecule has 0 saturated carbocycles. The summed E-state index contributed by atoms with van der Waals surface area (Å²) in [5, 5.41) is 7.91. The molecule has 224 valence electrons. The number of hydrogen-bond acceptors (Lipinski definition) is 7. The van der Waals surface area contributed by atoms with Crippen molar-refractivity contribution in [3.63, 3.8) is 0 Å². The summed E-state index contributed by atoms with van der Waals surface area (Å²) in [6, 6.07) is 26.9. The molecule has 0 bridgehead atoms.